The zero-order valence-corrected chi connectivity index (χ0v) is 12.5. The normalized spacial score (nSPS) is 23.3. The molecule has 2 unspecified atom stereocenters. The van der Waals surface area contributed by atoms with E-state index in [4.69, 9.17) is 4.74 Å². The molecule has 20 heavy (non-hydrogen) atoms. The summed E-state index contributed by atoms with van der Waals surface area (Å²) in [6, 6.07) is 0.391. The van der Waals surface area contributed by atoms with Gasteiger partial charge in [-0.05, 0) is 18.8 Å². The van der Waals surface area contributed by atoms with Gasteiger partial charge in [-0.1, -0.05) is 12.8 Å². The van der Waals surface area contributed by atoms with Gasteiger partial charge in [0.05, 0.1) is 7.11 Å². The Labute approximate surface area is 122 Å². The maximum atomic E-state index is 9.48. The van der Waals surface area contributed by atoms with E-state index in [9.17, 15) is 5.11 Å². The highest BCUT2D eigenvalue weighted by atomic mass is 32.1. The smallest absolute Gasteiger partial charge is 0.237 e. The monoisotopic (exact) mass is 295 g/mol. The SMILES string of the molecule is COc1nc2sccn2c1CNC1CCCCC1CO. The van der Waals surface area contributed by atoms with Crippen molar-refractivity contribution >= 4 is 16.3 Å². The van der Waals surface area contributed by atoms with Crippen LogP contribution in [-0.4, -0.2) is 34.2 Å². The highest BCUT2D eigenvalue weighted by molar-refractivity contribution is 7.15. The maximum absolute atomic E-state index is 9.48. The van der Waals surface area contributed by atoms with Crippen LogP contribution in [0.15, 0.2) is 11.6 Å². The first kappa shape index (κ1) is 13.9. The van der Waals surface area contributed by atoms with Gasteiger partial charge in [0.1, 0.15) is 5.69 Å². The Hall–Kier alpha value is -1.11. The zero-order valence-electron chi connectivity index (χ0n) is 11.7. The molecule has 2 heterocycles. The van der Waals surface area contributed by atoms with Gasteiger partial charge in [0.25, 0.3) is 0 Å². The minimum Gasteiger partial charge on any atom is -0.480 e. The van der Waals surface area contributed by atoms with Crippen molar-refractivity contribution in [3.63, 3.8) is 0 Å². The number of thiazole rings is 1. The number of rotatable bonds is 5. The van der Waals surface area contributed by atoms with Gasteiger partial charge < -0.3 is 15.2 Å². The summed E-state index contributed by atoms with van der Waals surface area (Å²) in [6.07, 6.45) is 6.75. The quantitative estimate of drug-likeness (QED) is 0.886. The van der Waals surface area contributed by atoms with Crippen LogP contribution in [0.1, 0.15) is 31.4 Å². The molecule has 5 nitrogen and oxygen atoms in total. The Morgan fingerprint density at radius 1 is 1.50 bits per heavy atom. The van der Waals surface area contributed by atoms with Crippen molar-refractivity contribution in [2.45, 2.75) is 38.3 Å². The number of hydrogen-bond acceptors (Lipinski definition) is 5. The number of ether oxygens (including phenoxy) is 1. The van der Waals surface area contributed by atoms with E-state index >= 15 is 0 Å². The van der Waals surface area contributed by atoms with Crippen molar-refractivity contribution in [3.05, 3.63) is 17.3 Å². The van der Waals surface area contributed by atoms with Crippen LogP contribution >= 0.6 is 11.3 Å². The Balaban J connectivity index is 1.73. The van der Waals surface area contributed by atoms with Crippen molar-refractivity contribution < 1.29 is 9.84 Å². The third kappa shape index (κ3) is 2.55. The number of hydrogen-bond donors (Lipinski definition) is 2. The third-order valence-electron chi connectivity index (χ3n) is 4.19. The van der Waals surface area contributed by atoms with Crippen LogP contribution in [-0.2, 0) is 6.54 Å². The van der Waals surface area contributed by atoms with Crippen molar-refractivity contribution in [1.82, 2.24) is 14.7 Å². The van der Waals surface area contributed by atoms with E-state index < -0.39 is 0 Å². The fourth-order valence-corrected chi connectivity index (χ4v) is 3.78. The van der Waals surface area contributed by atoms with E-state index in [2.05, 4.69) is 14.7 Å². The van der Waals surface area contributed by atoms with E-state index in [1.165, 1.54) is 12.8 Å². The second kappa shape index (κ2) is 6.11. The van der Waals surface area contributed by atoms with Crippen molar-refractivity contribution in [2.75, 3.05) is 13.7 Å². The summed E-state index contributed by atoms with van der Waals surface area (Å²) < 4.78 is 7.44. The number of aromatic nitrogens is 2. The van der Waals surface area contributed by atoms with Crippen molar-refractivity contribution in [2.24, 2.45) is 5.92 Å². The molecule has 0 aromatic carbocycles. The van der Waals surface area contributed by atoms with Gasteiger partial charge in [0.15, 0.2) is 4.96 Å². The molecule has 2 aromatic rings. The summed E-state index contributed by atoms with van der Waals surface area (Å²) in [7, 11) is 1.66. The van der Waals surface area contributed by atoms with Crippen LogP contribution in [0.4, 0.5) is 0 Å². The number of imidazole rings is 1. The van der Waals surface area contributed by atoms with Gasteiger partial charge in [-0.3, -0.25) is 4.40 Å². The molecule has 2 atom stereocenters. The second-order valence-electron chi connectivity index (χ2n) is 5.34. The summed E-state index contributed by atoms with van der Waals surface area (Å²) in [5.41, 5.74) is 1.06. The lowest BCUT2D eigenvalue weighted by atomic mass is 9.85. The number of aliphatic hydroxyl groups is 1. The van der Waals surface area contributed by atoms with Crippen LogP contribution in [0, 0.1) is 5.92 Å². The predicted octanol–water partition coefficient (Wildman–Crippen LogP) is 2.05. The fourth-order valence-electron chi connectivity index (χ4n) is 3.06. The Morgan fingerprint density at radius 2 is 2.35 bits per heavy atom. The average molecular weight is 295 g/mol. The molecule has 1 aliphatic carbocycles. The Bertz CT molecular complexity index is 566. The fraction of sp³-hybridized carbons (Fsp3) is 0.643. The number of fused-ring (bicyclic) bond motifs is 1. The summed E-state index contributed by atoms with van der Waals surface area (Å²) in [5.74, 6) is 1.07. The van der Waals surface area contributed by atoms with Gasteiger partial charge in [-0.15, -0.1) is 11.3 Å². The molecule has 110 valence electrons. The summed E-state index contributed by atoms with van der Waals surface area (Å²) in [5, 5.41) is 15.1. The average Bonchev–Trinajstić information content (AvgIpc) is 3.06. The first-order valence-electron chi connectivity index (χ1n) is 7.16. The molecule has 0 spiro atoms. The molecular formula is C14H21N3O2S. The Kier molecular flexibility index (Phi) is 4.24. The number of nitrogens with one attached hydrogen (secondary N) is 1. The largest absolute Gasteiger partial charge is 0.480 e. The minimum atomic E-state index is 0.273. The van der Waals surface area contributed by atoms with Crippen LogP contribution in [0.5, 0.6) is 5.88 Å². The topological polar surface area (TPSA) is 58.8 Å². The highest BCUT2D eigenvalue weighted by Crippen LogP contribution is 2.26. The standard InChI is InChI=1S/C14H21N3O2S/c1-19-13-12(17-6-7-20-14(17)16-13)8-15-11-5-3-2-4-10(11)9-18/h6-7,10-11,15,18H,2-5,8-9H2,1H3. The molecule has 2 aromatic heterocycles. The first-order valence-corrected chi connectivity index (χ1v) is 8.04. The lowest BCUT2D eigenvalue weighted by molar-refractivity contribution is 0.152. The van der Waals surface area contributed by atoms with E-state index in [1.807, 2.05) is 11.6 Å². The first-order chi connectivity index (χ1) is 9.83. The third-order valence-corrected chi connectivity index (χ3v) is 4.95. The van der Waals surface area contributed by atoms with Crippen LogP contribution in [0.25, 0.3) is 4.96 Å². The minimum absolute atomic E-state index is 0.273. The van der Waals surface area contributed by atoms with Gasteiger partial charge in [0.2, 0.25) is 5.88 Å². The van der Waals surface area contributed by atoms with Crippen LogP contribution in [0.3, 0.4) is 0 Å². The summed E-state index contributed by atoms with van der Waals surface area (Å²) in [4.78, 5) is 5.42. The highest BCUT2D eigenvalue weighted by Gasteiger charge is 2.25. The van der Waals surface area contributed by atoms with Gasteiger partial charge in [-0.25, -0.2) is 0 Å². The van der Waals surface area contributed by atoms with E-state index in [1.54, 1.807) is 18.4 Å². The summed E-state index contributed by atoms with van der Waals surface area (Å²) in [6.45, 7) is 0.997. The molecule has 2 N–H and O–H groups in total. The van der Waals surface area contributed by atoms with E-state index in [-0.39, 0.29) is 6.61 Å². The number of aliphatic hydroxyl groups excluding tert-OH is 1. The molecule has 6 heteroatoms. The lowest BCUT2D eigenvalue weighted by Gasteiger charge is -2.31. The predicted molar refractivity (Wildman–Crippen MR) is 79.3 cm³/mol. The van der Waals surface area contributed by atoms with Crippen molar-refractivity contribution in [3.8, 4) is 5.88 Å². The van der Waals surface area contributed by atoms with Gasteiger partial charge >= 0.3 is 0 Å². The zero-order chi connectivity index (χ0) is 13.9. The Morgan fingerprint density at radius 3 is 3.15 bits per heavy atom. The molecule has 0 amide bonds. The second-order valence-corrected chi connectivity index (χ2v) is 6.21. The summed E-state index contributed by atoms with van der Waals surface area (Å²) >= 11 is 1.61. The molecular weight excluding hydrogens is 274 g/mol. The molecule has 1 saturated carbocycles. The lowest BCUT2D eigenvalue weighted by Crippen LogP contribution is -2.40. The van der Waals surface area contributed by atoms with Crippen LogP contribution < -0.4 is 10.1 Å². The maximum Gasteiger partial charge on any atom is 0.237 e. The molecule has 0 saturated heterocycles. The van der Waals surface area contributed by atoms with Crippen LogP contribution in [0.2, 0.25) is 0 Å². The molecule has 0 aliphatic heterocycles. The molecule has 1 aliphatic rings. The van der Waals surface area contributed by atoms with E-state index in [0.717, 1.165) is 30.0 Å². The van der Waals surface area contributed by atoms with Gasteiger partial charge in [-0.2, -0.15) is 4.98 Å². The van der Waals surface area contributed by atoms with Gasteiger partial charge in [0, 0.05) is 30.8 Å². The molecule has 1 fully saturated rings. The van der Waals surface area contributed by atoms with E-state index in [0.29, 0.717) is 17.8 Å². The number of methoxy groups -OCH3 is 1. The molecule has 0 radical (unpaired) electrons. The number of nitrogens with zero attached hydrogens (tertiary/aromatic N) is 2. The molecule has 3 rings (SSSR count). The molecule has 0 bridgehead atoms. The van der Waals surface area contributed by atoms with Crippen molar-refractivity contribution in [1.29, 1.82) is 0 Å².